The van der Waals surface area contributed by atoms with Crippen molar-refractivity contribution in [2.75, 3.05) is 19.8 Å². The van der Waals surface area contributed by atoms with E-state index in [9.17, 15) is 0 Å². The lowest BCUT2D eigenvalue weighted by Crippen LogP contribution is -2.31. The largest absolute Gasteiger partial charge is 0.352 e. The summed E-state index contributed by atoms with van der Waals surface area (Å²) in [6, 6.07) is 4.17. The van der Waals surface area contributed by atoms with Crippen LogP contribution in [0.15, 0.2) is 15.9 Å². The van der Waals surface area contributed by atoms with Gasteiger partial charge >= 0.3 is 0 Å². The number of halogens is 1. The van der Waals surface area contributed by atoms with Gasteiger partial charge in [-0.25, -0.2) is 0 Å². The molecule has 0 fully saturated rings. The van der Waals surface area contributed by atoms with E-state index < -0.39 is 0 Å². The van der Waals surface area contributed by atoms with Gasteiger partial charge in [0.25, 0.3) is 0 Å². The zero-order valence-electron chi connectivity index (χ0n) is 9.66. The van der Waals surface area contributed by atoms with Gasteiger partial charge in [0.05, 0.1) is 3.79 Å². The maximum Gasteiger partial charge on any atom is 0.169 e. The maximum absolute atomic E-state index is 5.43. The van der Waals surface area contributed by atoms with Crippen molar-refractivity contribution in [1.29, 1.82) is 0 Å². The summed E-state index contributed by atoms with van der Waals surface area (Å²) in [6.07, 6.45) is -0.140. The zero-order chi connectivity index (χ0) is 11.8. The number of rotatable bonds is 8. The van der Waals surface area contributed by atoms with Crippen molar-refractivity contribution in [1.82, 2.24) is 5.32 Å². The first-order chi connectivity index (χ1) is 7.76. The molecule has 3 nitrogen and oxygen atoms in total. The van der Waals surface area contributed by atoms with Gasteiger partial charge in [0.2, 0.25) is 0 Å². The minimum atomic E-state index is -0.140. The monoisotopic (exact) mass is 307 g/mol. The molecule has 0 unspecified atom stereocenters. The predicted octanol–water partition coefficient (Wildman–Crippen LogP) is 3.00. The van der Waals surface area contributed by atoms with Crippen molar-refractivity contribution in [3.63, 3.8) is 0 Å². The van der Waals surface area contributed by atoms with Gasteiger partial charge in [0.15, 0.2) is 6.29 Å². The molecule has 0 aliphatic heterocycles. The van der Waals surface area contributed by atoms with E-state index in [2.05, 4.69) is 33.4 Å². The van der Waals surface area contributed by atoms with E-state index in [1.165, 1.54) is 4.88 Å². The van der Waals surface area contributed by atoms with E-state index in [-0.39, 0.29) is 6.29 Å². The summed E-state index contributed by atoms with van der Waals surface area (Å²) in [6.45, 7) is 6.88. The van der Waals surface area contributed by atoms with Crippen molar-refractivity contribution in [3.8, 4) is 0 Å². The summed E-state index contributed by atoms with van der Waals surface area (Å²) >= 11 is 5.18. The van der Waals surface area contributed by atoms with E-state index in [0.717, 1.165) is 16.9 Å². The van der Waals surface area contributed by atoms with Crippen molar-refractivity contribution in [2.45, 2.75) is 26.7 Å². The third-order valence-corrected chi connectivity index (χ3v) is 3.57. The molecular weight excluding hydrogens is 290 g/mol. The second kappa shape index (κ2) is 8.20. The summed E-state index contributed by atoms with van der Waals surface area (Å²) in [4.78, 5) is 1.30. The first kappa shape index (κ1) is 14.1. The zero-order valence-corrected chi connectivity index (χ0v) is 12.1. The van der Waals surface area contributed by atoms with E-state index >= 15 is 0 Å². The highest BCUT2D eigenvalue weighted by molar-refractivity contribution is 9.11. The highest BCUT2D eigenvalue weighted by Gasteiger charge is 2.07. The Bertz CT molecular complexity index is 287. The second-order valence-electron chi connectivity index (χ2n) is 3.18. The Kier molecular flexibility index (Phi) is 7.23. The first-order valence-corrected chi connectivity index (χ1v) is 7.05. The van der Waals surface area contributed by atoms with Gasteiger partial charge in [-0.05, 0) is 41.9 Å². The fourth-order valence-electron chi connectivity index (χ4n) is 1.30. The standard InChI is InChI=1S/C11H18BrNO2S/c1-3-14-11(15-4-2)8-13-7-9-5-6-10(12)16-9/h5-6,11,13H,3-4,7-8H2,1-2H3. The Morgan fingerprint density at radius 1 is 1.31 bits per heavy atom. The fourth-order valence-corrected chi connectivity index (χ4v) is 2.75. The highest BCUT2D eigenvalue weighted by atomic mass is 79.9. The molecule has 16 heavy (non-hydrogen) atoms. The number of ether oxygens (including phenoxy) is 2. The van der Waals surface area contributed by atoms with Gasteiger partial charge in [0, 0.05) is 31.2 Å². The topological polar surface area (TPSA) is 30.5 Å². The Balaban J connectivity index is 2.21. The minimum Gasteiger partial charge on any atom is -0.352 e. The summed E-state index contributed by atoms with van der Waals surface area (Å²) in [7, 11) is 0. The van der Waals surface area contributed by atoms with Crippen molar-refractivity contribution >= 4 is 27.3 Å². The van der Waals surface area contributed by atoms with Gasteiger partial charge in [-0.15, -0.1) is 11.3 Å². The summed E-state index contributed by atoms with van der Waals surface area (Å²) < 4.78 is 12.0. The van der Waals surface area contributed by atoms with Crippen LogP contribution >= 0.6 is 27.3 Å². The minimum absolute atomic E-state index is 0.140. The smallest absolute Gasteiger partial charge is 0.169 e. The Hall–Kier alpha value is 0.0600. The number of nitrogens with one attached hydrogen (secondary N) is 1. The molecule has 0 aliphatic carbocycles. The van der Waals surface area contributed by atoms with Crippen molar-refractivity contribution in [2.24, 2.45) is 0 Å². The Morgan fingerprint density at radius 3 is 2.50 bits per heavy atom. The van der Waals surface area contributed by atoms with E-state index in [1.54, 1.807) is 11.3 Å². The highest BCUT2D eigenvalue weighted by Crippen LogP contribution is 2.21. The predicted molar refractivity (Wildman–Crippen MR) is 70.8 cm³/mol. The van der Waals surface area contributed by atoms with Gasteiger partial charge in [-0.2, -0.15) is 0 Å². The van der Waals surface area contributed by atoms with Crippen LogP contribution in [0.1, 0.15) is 18.7 Å². The van der Waals surface area contributed by atoms with Crippen LogP contribution in [0.4, 0.5) is 0 Å². The quantitative estimate of drug-likeness (QED) is 0.749. The van der Waals surface area contributed by atoms with Gasteiger partial charge in [0.1, 0.15) is 0 Å². The number of hydrogen-bond donors (Lipinski definition) is 1. The molecule has 0 bridgehead atoms. The molecule has 0 saturated heterocycles. The Morgan fingerprint density at radius 2 is 2.00 bits per heavy atom. The van der Waals surface area contributed by atoms with Gasteiger partial charge in [-0.3, -0.25) is 0 Å². The molecule has 0 saturated carbocycles. The van der Waals surface area contributed by atoms with Crippen LogP contribution in [0.5, 0.6) is 0 Å². The molecule has 1 heterocycles. The molecule has 0 spiro atoms. The Labute approximate surface area is 109 Å². The van der Waals surface area contributed by atoms with Crippen molar-refractivity contribution in [3.05, 3.63) is 20.8 Å². The van der Waals surface area contributed by atoms with E-state index in [0.29, 0.717) is 13.2 Å². The number of hydrogen-bond acceptors (Lipinski definition) is 4. The molecule has 0 atom stereocenters. The molecule has 1 rings (SSSR count). The summed E-state index contributed by atoms with van der Waals surface area (Å²) in [5, 5.41) is 3.32. The third-order valence-electron chi connectivity index (χ3n) is 1.94. The SMILES string of the molecule is CCOC(CNCc1ccc(Br)s1)OCC. The normalized spacial score (nSPS) is 11.2. The molecule has 1 N–H and O–H groups in total. The average Bonchev–Trinajstić information content (AvgIpc) is 2.65. The molecule has 1 aromatic rings. The summed E-state index contributed by atoms with van der Waals surface area (Å²) in [5.41, 5.74) is 0. The van der Waals surface area contributed by atoms with E-state index in [1.807, 2.05) is 13.8 Å². The van der Waals surface area contributed by atoms with Crippen LogP contribution in [-0.2, 0) is 16.0 Å². The molecule has 5 heteroatoms. The average molecular weight is 308 g/mol. The molecule has 1 aromatic heterocycles. The molecule has 0 amide bonds. The van der Waals surface area contributed by atoms with Crippen LogP contribution in [0.3, 0.4) is 0 Å². The fraction of sp³-hybridized carbons (Fsp3) is 0.636. The van der Waals surface area contributed by atoms with Crippen LogP contribution in [0.2, 0.25) is 0 Å². The van der Waals surface area contributed by atoms with Crippen LogP contribution in [0, 0.1) is 0 Å². The maximum atomic E-state index is 5.43. The lowest BCUT2D eigenvalue weighted by atomic mass is 10.4. The van der Waals surface area contributed by atoms with Crippen molar-refractivity contribution < 1.29 is 9.47 Å². The lowest BCUT2D eigenvalue weighted by Gasteiger charge is -2.17. The number of thiophene rings is 1. The van der Waals surface area contributed by atoms with Gasteiger partial charge in [-0.1, -0.05) is 0 Å². The van der Waals surface area contributed by atoms with Crippen LogP contribution < -0.4 is 5.32 Å². The van der Waals surface area contributed by atoms with E-state index in [4.69, 9.17) is 9.47 Å². The molecule has 0 radical (unpaired) electrons. The third kappa shape index (κ3) is 5.41. The lowest BCUT2D eigenvalue weighted by molar-refractivity contribution is -0.133. The van der Waals surface area contributed by atoms with Gasteiger partial charge < -0.3 is 14.8 Å². The second-order valence-corrected chi connectivity index (χ2v) is 5.72. The molecule has 0 aromatic carbocycles. The van der Waals surface area contributed by atoms with Crippen LogP contribution in [0.25, 0.3) is 0 Å². The molecule has 92 valence electrons. The summed E-state index contributed by atoms with van der Waals surface area (Å²) in [5.74, 6) is 0. The molecule has 0 aliphatic rings. The van der Waals surface area contributed by atoms with Crippen LogP contribution in [-0.4, -0.2) is 26.0 Å². The first-order valence-electron chi connectivity index (χ1n) is 5.44. The molecular formula is C11H18BrNO2S.